The molecule has 0 saturated carbocycles. The lowest BCUT2D eigenvalue weighted by Crippen LogP contribution is -2.36. The fourth-order valence-electron chi connectivity index (χ4n) is 3.16. The molecule has 0 aromatic heterocycles. The first-order valence-electron chi connectivity index (χ1n) is 9.93. The SMILES string of the molecule is COc1ccccc1NC(=O)c1ccc(S(=O)(=O)N(Cc2ccccc2)C(C)C)cc1. The Labute approximate surface area is 183 Å². The lowest BCUT2D eigenvalue weighted by atomic mass is 10.2. The van der Waals surface area contributed by atoms with Gasteiger partial charge in [0.25, 0.3) is 5.91 Å². The summed E-state index contributed by atoms with van der Waals surface area (Å²) >= 11 is 0. The molecule has 0 fully saturated rings. The summed E-state index contributed by atoms with van der Waals surface area (Å²) in [4.78, 5) is 12.7. The normalized spacial score (nSPS) is 11.5. The number of nitrogens with one attached hydrogen (secondary N) is 1. The number of sulfonamides is 1. The molecule has 0 atom stereocenters. The topological polar surface area (TPSA) is 75.7 Å². The van der Waals surface area contributed by atoms with Crippen LogP contribution in [0, 0.1) is 0 Å². The highest BCUT2D eigenvalue weighted by atomic mass is 32.2. The number of carbonyl (C=O) groups excluding carboxylic acids is 1. The van der Waals surface area contributed by atoms with Gasteiger partial charge in [-0.1, -0.05) is 42.5 Å². The van der Waals surface area contributed by atoms with Crippen LogP contribution >= 0.6 is 0 Å². The van der Waals surface area contributed by atoms with Crippen molar-refractivity contribution in [2.24, 2.45) is 0 Å². The average molecular weight is 439 g/mol. The Hall–Kier alpha value is -3.16. The summed E-state index contributed by atoms with van der Waals surface area (Å²) in [5, 5.41) is 2.79. The number of hydrogen-bond donors (Lipinski definition) is 1. The minimum Gasteiger partial charge on any atom is -0.495 e. The van der Waals surface area contributed by atoms with Crippen molar-refractivity contribution >= 4 is 21.6 Å². The molecule has 1 N–H and O–H groups in total. The van der Waals surface area contributed by atoms with E-state index in [1.54, 1.807) is 18.2 Å². The number of methoxy groups -OCH3 is 1. The lowest BCUT2D eigenvalue weighted by molar-refractivity contribution is 0.102. The van der Waals surface area contributed by atoms with E-state index in [2.05, 4.69) is 5.32 Å². The highest BCUT2D eigenvalue weighted by molar-refractivity contribution is 7.89. The molecule has 0 aliphatic rings. The van der Waals surface area contributed by atoms with Crippen LogP contribution in [0.2, 0.25) is 0 Å². The van der Waals surface area contributed by atoms with Crippen molar-refractivity contribution in [2.45, 2.75) is 31.3 Å². The fraction of sp³-hybridized carbons (Fsp3) is 0.208. The Bertz CT molecular complexity index is 1130. The van der Waals surface area contributed by atoms with E-state index in [-0.39, 0.29) is 23.4 Å². The van der Waals surface area contributed by atoms with Gasteiger partial charge in [0.05, 0.1) is 17.7 Å². The van der Waals surface area contributed by atoms with E-state index in [4.69, 9.17) is 4.74 Å². The summed E-state index contributed by atoms with van der Waals surface area (Å²) in [6, 6.07) is 22.3. The molecule has 3 aromatic rings. The first-order valence-corrected chi connectivity index (χ1v) is 11.4. The Kier molecular flexibility index (Phi) is 7.09. The summed E-state index contributed by atoms with van der Waals surface area (Å²) in [5.74, 6) is 0.196. The fourth-order valence-corrected chi connectivity index (χ4v) is 4.79. The molecule has 0 aliphatic carbocycles. The Morgan fingerprint density at radius 2 is 1.55 bits per heavy atom. The largest absolute Gasteiger partial charge is 0.495 e. The van der Waals surface area contributed by atoms with E-state index in [0.29, 0.717) is 17.0 Å². The quantitative estimate of drug-likeness (QED) is 0.560. The van der Waals surface area contributed by atoms with Crippen LogP contribution in [0.25, 0.3) is 0 Å². The van der Waals surface area contributed by atoms with Gasteiger partial charge in [-0.05, 0) is 55.8 Å². The number of rotatable bonds is 8. The molecule has 7 heteroatoms. The van der Waals surface area contributed by atoms with Crippen molar-refractivity contribution in [3.63, 3.8) is 0 Å². The Balaban J connectivity index is 1.80. The van der Waals surface area contributed by atoms with E-state index in [1.165, 1.54) is 35.7 Å². The summed E-state index contributed by atoms with van der Waals surface area (Å²) in [6.45, 7) is 3.96. The Morgan fingerprint density at radius 3 is 2.16 bits per heavy atom. The number of para-hydroxylation sites is 2. The van der Waals surface area contributed by atoms with Gasteiger partial charge in [0.2, 0.25) is 10.0 Å². The number of hydrogen-bond acceptors (Lipinski definition) is 4. The second-order valence-electron chi connectivity index (χ2n) is 7.31. The minimum absolute atomic E-state index is 0.144. The molecule has 31 heavy (non-hydrogen) atoms. The first kappa shape index (κ1) is 22.5. The maximum absolute atomic E-state index is 13.2. The molecule has 0 heterocycles. The first-order chi connectivity index (χ1) is 14.8. The molecule has 0 aliphatic heterocycles. The molecule has 0 radical (unpaired) electrons. The van der Waals surface area contributed by atoms with Crippen LogP contribution in [-0.4, -0.2) is 31.8 Å². The van der Waals surface area contributed by atoms with Gasteiger partial charge in [-0.15, -0.1) is 0 Å². The van der Waals surface area contributed by atoms with E-state index in [1.807, 2.05) is 50.2 Å². The maximum atomic E-state index is 13.2. The van der Waals surface area contributed by atoms with Crippen LogP contribution in [0.15, 0.2) is 83.8 Å². The van der Waals surface area contributed by atoms with Gasteiger partial charge in [0.1, 0.15) is 5.75 Å². The van der Waals surface area contributed by atoms with Crippen LogP contribution < -0.4 is 10.1 Å². The second kappa shape index (κ2) is 9.76. The predicted molar refractivity (Wildman–Crippen MR) is 122 cm³/mol. The van der Waals surface area contributed by atoms with Crippen LogP contribution in [0.4, 0.5) is 5.69 Å². The van der Waals surface area contributed by atoms with Crippen LogP contribution in [0.3, 0.4) is 0 Å². The third kappa shape index (κ3) is 5.31. The predicted octanol–water partition coefficient (Wildman–Crippen LogP) is 4.55. The van der Waals surface area contributed by atoms with Crippen molar-refractivity contribution in [1.29, 1.82) is 0 Å². The van der Waals surface area contributed by atoms with E-state index < -0.39 is 10.0 Å². The molecule has 3 aromatic carbocycles. The average Bonchev–Trinajstić information content (AvgIpc) is 2.78. The number of ether oxygens (including phenoxy) is 1. The molecule has 0 unspecified atom stereocenters. The van der Waals surface area contributed by atoms with Gasteiger partial charge in [-0.3, -0.25) is 4.79 Å². The molecule has 1 amide bonds. The summed E-state index contributed by atoms with van der Waals surface area (Å²) < 4.78 is 33.2. The lowest BCUT2D eigenvalue weighted by Gasteiger charge is -2.26. The molecule has 0 bridgehead atoms. The summed E-state index contributed by atoms with van der Waals surface area (Å²) in [5.41, 5.74) is 1.80. The van der Waals surface area contributed by atoms with Gasteiger partial charge >= 0.3 is 0 Å². The molecule has 3 rings (SSSR count). The third-order valence-electron chi connectivity index (χ3n) is 4.84. The van der Waals surface area contributed by atoms with E-state index in [0.717, 1.165) is 5.56 Å². The molecular weight excluding hydrogens is 412 g/mol. The van der Waals surface area contributed by atoms with Crippen molar-refractivity contribution in [3.8, 4) is 5.75 Å². The summed E-state index contributed by atoms with van der Waals surface area (Å²) in [6.07, 6.45) is 0. The Morgan fingerprint density at radius 1 is 0.935 bits per heavy atom. The van der Waals surface area contributed by atoms with Gasteiger partial charge in [-0.2, -0.15) is 4.31 Å². The number of carbonyl (C=O) groups is 1. The monoisotopic (exact) mass is 438 g/mol. The molecule has 0 saturated heterocycles. The smallest absolute Gasteiger partial charge is 0.255 e. The number of benzene rings is 3. The van der Waals surface area contributed by atoms with E-state index in [9.17, 15) is 13.2 Å². The van der Waals surface area contributed by atoms with Gasteiger partial charge < -0.3 is 10.1 Å². The van der Waals surface area contributed by atoms with Crippen molar-refractivity contribution in [1.82, 2.24) is 4.31 Å². The minimum atomic E-state index is -3.73. The van der Waals surface area contributed by atoms with Crippen LogP contribution in [0.5, 0.6) is 5.75 Å². The highest BCUT2D eigenvalue weighted by Gasteiger charge is 2.27. The zero-order chi connectivity index (χ0) is 22.4. The molecular formula is C24H26N2O4S. The number of amides is 1. The highest BCUT2D eigenvalue weighted by Crippen LogP contribution is 2.25. The number of anilines is 1. The zero-order valence-electron chi connectivity index (χ0n) is 17.8. The molecule has 0 spiro atoms. The zero-order valence-corrected chi connectivity index (χ0v) is 18.6. The van der Waals surface area contributed by atoms with Crippen LogP contribution in [-0.2, 0) is 16.6 Å². The summed E-state index contributed by atoms with van der Waals surface area (Å²) in [7, 11) is -2.20. The number of nitrogens with zero attached hydrogens (tertiary/aromatic N) is 1. The van der Waals surface area contributed by atoms with E-state index >= 15 is 0 Å². The molecule has 6 nitrogen and oxygen atoms in total. The van der Waals surface area contributed by atoms with Crippen LogP contribution in [0.1, 0.15) is 29.8 Å². The standard InChI is InChI=1S/C24H26N2O4S/c1-18(2)26(17-19-9-5-4-6-10-19)31(28,29)21-15-13-20(14-16-21)24(27)25-22-11-7-8-12-23(22)30-3/h4-16,18H,17H2,1-3H3,(H,25,27). The second-order valence-corrected chi connectivity index (χ2v) is 9.20. The van der Waals surface area contributed by atoms with Crippen molar-refractivity contribution < 1.29 is 17.9 Å². The maximum Gasteiger partial charge on any atom is 0.255 e. The third-order valence-corrected chi connectivity index (χ3v) is 6.87. The molecule has 162 valence electrons. The van der Waals surface area contributed by atoms with Gasteiger partial charge in [-0.25, -0.2) is 8.42 Å². The van der Waals surface area contributed by atoms with Crippen molar-refractivity contribution in [2.75, 3.05) is 12.4 Å². The van der Waals surface area contributed by atoms with Crippen molar-refractivity contribution in [3.05, 3.63) is 90.0 Å². The van der Waals surface area contributed by atoms with Gasteiger partial charge in [0, 0.05) is 18.2 Å². The van der Waals surface area contributed by atoms with Gasteiger partial charge in [0.15, 0.2) is 0 Å².